The first-order chi connectivity index (χ1) is 7.20. The molecule has 1 fully saturated rings. The highest BCUT2D eigenvalue weighted by Crippen LogP contribution is 2.22. The predicted octanol–water partition coefficient (Wildman–Crippen LogP) is 1.02. The smallest absolute Gasteiger partial charge is 0.255 e. The Morgan fingerprint density at radius 3 is 2.93 bits per heavy atom. The van der Waals surface area contributed by atoms with Crippen molar-refractivity contribution < 1.29 is 4.79 Å². The fraction of sp³-hybridized carbons (Fsp3) is 0.333. The molecule has 0 saturated heterocycles. The van der Waals surface area contributed by atoms with E-state index in [0.717, 1.165) is 17.3 Å². The van der Waals surface area contributed by atoms with Crippen LogP contribution in [0.15, 0.2) is 16.7 Å². The molecule has 1 aromatic heterocycles. The van der Waals surface area contributed by atoms with Crippen LogP contribution < -0.4 is 16.6 Å². The number of hydrogen-bond donors (Lipinski definition) is 3. The third-order valence-corrected chi connectivity index (χ3v) is 2.58. The highest BCUT2D eigenvalue weighted by atomic mass is 79.9. The number of halogens is 1. The van der Waals surface area contributed by atoms with Gasteiger partial charge in [0.05, 0.1) is 5.56 Å². The number of hydrazine groups is 1. The lowest BCUT2D eigenvalue weighted by Crippen LogP contribution is -2.27. The van der Waals surface area contributed by atoms with Crippen LogP contribution >= 0.6 is 15.9 Å². The summed E-state index contributed by atoms with van der Waals surface area (Å²) >= 11 is 3.26. The number of nitrogens with two attached hydrogens (primary N) is 1. The van der Waals surface area contributed by atoms with Crippen molar-refractivity contribution in [1.82, 2.24) is 10.3 Å². The average Bonchev–Trinajstić information content (AvgIpc) is 3.01. The van der Waals surface area contributed by atoms with Crippen LogP contribution in [0.1, 0.15) is 23.2 Å². The number of carbonyl (C=O) groups is 1. The number of nitrogen functional groups attached to an aromatic ring is 1. The number of carbonyl (C=O) groups excluding carboxylic acids is 1. The van der Waals surface area contributed by atoms with Crippen molar-refractivity contribution in [3.05, 3.63) is 22.3 Å². The fourth-order valence-electron chi connectivity index (χ4n) is 1.22. The summed E-state index contributed by atoms with van der Waals surface area (Å²) in [4.78, 5) is 15.8. The molecule has 0 bridgehead atoms. The van der Waals surface area contributed by atoms with Crippen molar-refractivity contribution in [3.63, 3.8) is 0 Å². The lowest BCUT2D eigenvalue weighted by molar-refractivity contribution is 0.0951. The molecule has 1 saturated carbocycles. The van der Waals surface area contributed by atoms with Crippen LogP contribution in [-0.4, -0.2) is 16.9 Å². The van der Waals surface area contributed by atoms with Gasteiger partial charge >= 0.3 is 0 Å². The summed E-state index contributed by atoms with van der Waals surface area (Å²) in [6.45, 7) is 0. The van der Waals surface area contributed by atoms with Crippen molar-refractivity contribution in [2.45, 2.75) is 18.9 Å². The van der Waals surface area contributed by atoms with E-state index in [0.29, 0.717) is 17.4 Å². The number of aromatic nitrogens is 1. The Morgan fingerprint density at radius 1 is 1.60 bits per heavy atom. The van der Waals surface area contributed by atoms with E-state index in [2.05, 4.69) is 31.7 Å². The van der Waals surface area contributed by atoms with Crippen molar-refractivity contribution >= 4 is 27.7 Å². The lowest BCUT2D eigenvalue weighted by atomic mass is 10.2. The molecular weight excluding hydrogens is 260 g/mol. The van der Waals surface area contributed by atoms with E-state index in [1.165, 1.54) is 0 Å². The zero-order valence-electron chi connectivity index (χ0n) is 7.96. The van der Waals surface area contributed by atoms with Crippen LogP contribution in [0.25, 0.3) is 0 Å². The lowest BCUT2D eigenvalue weighted by Gasteiger charge is -2.08. The number of pyridine rings is 1. The maximum Gasteiger partial charge on any atom is 0.255 e. The van der Waals surface area contributed by atoms with E-state index in [-0.39, 0.29) is 5.91 Å². The summed E-state index contributed by atoms with van der Waals surface area (Å²) in [5.74, 6) is 5.52. The number of nitrogens with zero attached hydrogens (tertiary/aromatic N) is 1. The molecule has 0 unspecified atom stereocenters. The molecule has 0 spiro atoms. The molecule has 6 heteroatoms. The van der Waals surface area contributed by atoms with Gasteiger partial charge in [0.1, 0.15) is 0 Å². The molecule has 4 N–H and O–H groups in total. The first kappa shape index (κ1) is 10.4. The zero-order valence-corrected chi connectivity index (χ0v) is 9.54. The van der Waals surface area contributed by atoms with Gasteiger partial charge in [0.25, 0.3) is 5.91 Å². The molecule has 1 amide bonds. The third-order valence-electron chi connectivity index (χ3n) is 2.15. The molecule has 1 aliphatic rings. The Bertz CT molecular complexity index is 392. The van der Waals surface area contributed by atoms with Crippen molar-refractivity contribution in [2.75, 3.05) is 5.43 Å². The molecule has 5 nitrogen and oxygen atoms in total. The number of anilines is 1. The van der Waals surface area contributed by atoms with Crippen molar-refractivity contribution in [3.8, 4) is 0 Å². The molecule has 1 aromatic rings. The van der Waals surface area contributed by atoms with Crippen molar-refractivity contribution in [2.24, 2.45) is 5.84 Å². The Morgan fingerprint density at radius 2 is 2.33 bits per heavy atom. The Kier molecular flexibility index (Phi) is 2.88. The van der Waals surface area contributed by atoms with Gasteiger partial charge in [-0.05, 0) is 34.8 Å². The van der Waals surface area contributed by atoms with Gasteiger partial charge in [-0.15, -0.1) is 0 Å². The second-order valence-electron chi connectivity index (χ2n) is 3.44. The summed E-state index contributed by atoms with van der Waals surface area (Å²) < 4.78 is 0.752. The predicted molar refractivity (Wildman–Crippen MR) is 60.2 cm³/mol. The second kappa shape index (κ2) is 4.16. The van der Waals surface area contributed by atoms with Gasteiger partial charge in [-0.25, -0.2) is 10.8 Å². The minimum atomic E-state index is -0.140. The van der Waals surface area contributed by atoms with Gasteiger partial charge in [0.2, 0.25) is 0 Å². The Hall–Kier alpha value is -1.14. The summed E-state index contributed by atoms with van der Waals surface area (Å²) in [6.07, 6.45) is 3.69. The van der Waals surface area contributed by atoms with Gasteiger partial charge < -0.3 is 10.7 Å². The zero-order chi connectivity index (χ0) is 10.8. The summed E-state index contributed by atoms with van der Waals surface area (Å²) in [7, 11) is 0. The highest BCUT2D eigenvalue weighted by molar-refractivity contribution is 9.10. The topological polar surface area (TPSA) is 80.0 Å². The Balaban J connectivity index is 2.23. The van der Waals surface area contributed by atoms with Crippen LogP contribution in [0.4, 0.5) is 5.82 Å². The third kappa shape index (κ3) is 2.45. The molecule has 80 valence electrons. The van der Waals surface area contributed by atoms with Crippen LogP contribution in [-0.2, 0) is 0 Å². The molecule has 0 radical (unpaired) electrons. The molecule has 15 heavy (non-hydrogen) atoms. The quantitative estimate of drug-likeness (QED) is 0.566. The van der Waals surface area contributed by atoms with E-state index >= 15 is 0 Å². The normalized spacial score (nSPS) is 14.8. The first-order valence-corrected chi connectivity index (χ1v) is 5.43. The first-order valence-electron chi connectivity index (χ1n) is 4.63. The standard InChI is InChI=1S/C9H11BrN4O/c10-5-3-7(8(14-11)12-4-5)9(15)13-6-1-2-6/h3-4,6H,1-2,11H2,(H,12,14)(H,13,15). The maximum absolute atomic E-state index is 11.8. The van der Waals surface area contributed by atoms with E-state index in [1.807, 2.05) is 0 Å². The molecule has 0 aliphatic heterocycles. The average molecular weight is 271 g/mol. The maximum atomic E-state index is 11.8. The SMILES string of the molecule is NNc1ncc(Br)cc1C(=O)NC1CC1. The van der Waals surface area contributed by atoms with Crippen molar-refractivity contribution in [1.29, 1.82) is 0 Å². The minimum Gasteiger partial charge on any atom is -0.349 e. The second-order valence-corrected chi connectivity index (χ2v) is 4.36. The number of amides is 1. The van der Waals surface area contributed by atoms with E-state index in [4.69, 9.17) is 5.84 Å². The fourth-order valence-corrected chi connectivity index (χ4v) is 1.55. The molecule has 0 aromatic carbocycles. The van der Waals surface area contributed by atoms with Crippen LogP contribution in [0.3, 0.4) is 0 Å². The van der Waals surface area contributed by atoms with Gasteiger partial charge in [0, 0.05) is 16.7 Å². The molecule has 1 heterocycles. The molecule has 2 rings (SSSR count). The largest absolute Gasteiger partial charge is 0.349 e. The van der Waals surface area contributed by atoms with E-state index in [9.17, 15) is 4.79 Å². The van der Waals surface area contributed by atoms with E-state index < -0.39 is 0 Å². The molecule has 1 aliphatic carbocycles. The number of rotatable bonds is 3. The van der Waals surface area contributed by atoms with Gasteiger partial charge in [-0.2, -0.15) is 0 Å². The summed E-state index contributed by atoms with van der Waals surface area (Å²) in [6, 6.07) is 2.02. The number of hydrogen-bond acceptors (Lipinski definition) is 4. The van der Waals surface area contributed by atoms with E-state index in [1.54, 1.807) is 12.3 Å². The Labute approximate surface area is 95.5 Å². The highest BCUT2D eigenvalue weighted by Gasteiger charge is 2.25. The summed E-state index contributed by atoms with van der Waals surface area (Å²) in [5.41, 5.74) is 2.86. The van der Waals surface area contributed by atoms with Gasteiger partial charge in [-0.1, -0.05) is 0 Å². The molecular formula is C9H11BrN4O. The minimum absolute atomic E-state index is 0.140. The monoisotopic (exact) mass is 270 g/mol. The van der Waals surface area contributed by atoms with Gasteiger partial charge in [-0.3, -0.25) is 4.79 Å². The molecule has 0 atom stereocenters. The van der Waals surface area contributed by atoms with Crippen LogP contribution in [0.2, 0.25) is 0 Å². The van der Waals surface area contributed by atoms with Crippen LogP contribution in [0.5, 0.6) is 0 Å². The van der Waals surface area contributed by atoms with Crippen LogP contribution in [0, 0.1) is 0 Å². The number of nitrogens with one attached hydrogen (secondary N) is 2. The summed E-state index contributed by atoms with van der Waals surface area (Å²) in [5, 5.41) is 2.88. The van der Waals surface area contributed by atoms with Gasteiger partial charge in [0.15, 0.2) is 5.82 Å².